The maximum absolute atomic E-state index is 5.48. The van der Waals surface area contributed by atoms with Crippen LogP contribution in [0, 0.1) is 0 Å². The minimum Gasteiger partial charge on any atom is -0.478 e. The molecule has 0 N–H and O–H groups in total. The van der Waals surface area contributed by atoms with Crippen LogP contribution in [0.15, 0.2) is 18.3 Å². The van der Waals surface area contributed by atoms with Gasteiger partial charge in [0, 0.05) is 12.3 Å². The first-order valence-corrected chi connectivity index (χ1v) is 5.13. The normalized spacial score (nSPS) is 11.4. The summed E-state index contributed by atoms with van der Waals surface area (Å²) in [4.78, 5) is 4.17. The molecular weight excluding hydrogens is 174 g/mol. The van der Waals surface area contributed by atoms with E-state index in [1.54, 1.807) is 0 Å². The van der Waals surface area contributed by atoms with Gasteiger partial charge in [-0.25, -0.2) is 4.98 Å². The zero-order chi connectivity index (χ0) is 10.6. The Labute approximate surface area is 86.3 Å². The average molecular weight is 193 g/mol. The van der Waals surface area contributed by atoms with E-state index in [1.807, 2.05) is 18.3 Å². The summed E-state index contributed by atoms with van der Waals surface area (Å²) >= 11 is 0. The van der Waals surface area contributed by atoms with Gasteiger partial charge in [-0.3, -0.25) is 0 Å². The maximum atomic E-state index is 5.48. The average Bonchev–Trinajstić information content (AvgIpc) is 2.14. The fourth-order valence-corrected chi connectivity index (χ4v) is 1.16. The predicted octanol–water partition coefficient (Wildman–Crippen LogP) is 3.17. The van der Waals surface area contributed by atoms with E-state index in [2.05, 4.69) is 32.7 Å². The summed E-state index contributed by atoms with van der Waals surface area (Å²) in [6.07, 6.45) is 2.83. The Morgan fingerprint density at radius 1 is 1.36 bits per heavy atom. The van der Waals surface area contributed by atoms with Gasteiger partial charge in [0.1, 0.15) is 0 Å². The van der Waals surface area contributed by atoms with E-state index < -0.39 is 0 Å². The lowest BCUT2D eigenvalue weighted by Gasteiger charge is -2.19. The van der Waals surface area contributed by atoms with E-state index in [9.17, 15) is 0 Å². The SMILES string of the molecule is CCCOc1cc(C(C)(C)C)ccn1. The van der Waals surface area contributed by atoms with Crippen LogP contribution >= 0.6 is 0 Å². The van der Waals surface area contributed by atoms with Crippen molar-refractivity contribution in [2.45, 2.75) is 39.5 Å². The fraction of sp³-hybridized carbons (Fsp3) is 0.583. The van der Waals surface area contributed by atoms with Gasteiger partial charge in [-0.15, -0.1) is 0 Å². The molecule has 0 spiro atoms. The third-order valence-electron chi connectivity index (χ3n) is 2.05. The Morgan fingerprint density at radius 3 is 2.64 bits per heavy atom. The summed E-state index contributed by atoms with van der Waals surface area (Å²) in [5.74, 6) is 0.735. The summed E-state index contributed by atoms with van der Waals surface area (Å²) in [7, 11) is 0. The van der Waals surface area contributed by atoms with Gasteiger partial charge in [-0.1, -0.05) is 27.7 Å². The highest BCUT2D eigenvalue weighted by atomic mass is 16.5. The second-order valence-electron chi connectivity index (χ2n) is 4.48. The highest BCUT2D eigenvalue weighted by molar-refractivity contribution is 5.26. The number of rotatable bonds is 3. The van der Waals surface area contributed by atoms with Crippen LogP contribution in [-0.4, -0.2) is 11.6 Å². The van der Waals surface area contributed by atoms with E-state index >= 15 is 0 Å². The molecule has 78 valence electrons. The monoisotopic (exact) mass is 193 g/mol. The molecule has 0 aliphatic rings. The molecular formula is C12H19NO. The molecule has 2 nitrogen and oxygen atoms in total. The second kappa shape index (κ2) is 4.45. The number of ether oxygens (including phenoxy) is 1. The van der Waals surface area contributed by atoms with Gasteiger partial charge in [0.05, 0.1) is 6.61 Å². The number of pyridine rings is 1. The largest absolute Gasteiger partial charge is 0.478 e. The van der Waals surface area contributed by atoms with Crippen molar-refractivity contribution in [1.82, 2.24) is 4.98 Å². The van der Waals surface area contributed by atoms with Crippen LogP contribution in [0.3, 0.4) is 0 Å². The fourth-order valence-electron chi connectivity index (χ4n) is 1.16. The zero-order valence-electron chi connectivity index (χ0n) is 9.50. The summed E-state index contributed by atoms with van der Waals surface area (Å²) in [6.45, 7) is 9.39. The Bertz CT molecular complexity index is 289. The minimum atomic E-state index is 0.160. The van der Waals surface area contributed by atoms with Crippen LogP contribution in [0.2, 0.25) is 0 Å². The van der Waals surface area contributed by atoms with Gasteiger partial charge in [-0.2, -0.15) is 0 Å². The number of hydrogen-bond donors (Lipinski definition) is 0. The predicted molar refractivity (Wildman–Crippen MR) is 58.7 cm³/mol. The van der Waals surface area contributed by atoms with Crippen LogP contribution < -0.4 is 4.74 Å². The minimum absolute atomic E-state index is 0.160. The molecule has 0 radical (unpaired) electrons. The summed E-state index contributed by atoms with van der Waals surface area (Å²) in [6, 6.07) is 4.06. The highest BCUT2D eigenvalue weighted by Gasteiger charge is 2.14. The topological polar surface area (TPSA) is 22.1 Å². The molecule has 0 saturated carbocycles. The Balaban J connectivity index is 2.79. The lowest BCUT2D eigenvalue weighted by atomic mass is 9.88. The van der Waals surface area contributed by atoms with Crippen molar-refractivity contribution in [3.8, 4) is 5.88 Å². The molecule has 2 heteroatoms. The van der Waals surface area contributed by atoms with Crippen LogP contribution in [0.25, 0.3) is 0 Å². The van der Waals surface area contributed by atoms with Crippen molar-refractivity contribution in [3.05, 3.63) is 23.9 Å². The van der Waals surface area contributed by atoms with Crippen molar-refractivity contribution < 1.29 is 4.74 Å². The van der Waals surface area contributed by atoms with E-state index in [1.165, 1.54) is 5.56 Å². The first-order valence-electron chi connectivity index (χ1n) is 5.13. The molecule has 0 aliphatic heterocycles. The zero-order valence-corrected chi connectivity index (χ0v) is 9.50. The van der Waals surface area contributed by atoms with E-state index in [4.69, 9.17) is 4.74 Å². The molecule has 14 heavy (non-hydrogen) atoms. The Morgan fingerprint density at radius 2 is 2.07 bits per heavy atom. The quantitative estimate of drug-likeness (QED) is 0.735. The van der Waals surface area contributed by atoms with Crippen molar-refractivity contribution in [1.29, 1.82) is 0 Å². The third-order valence-corrected chi connectivity index (χ3v) is 2.05. The molecule has 0 unspecified atom stereocenters. The van der Waals surface area contributed by atoms with Gasteiger partial charge in [0.2, 0.25) is 5.88 Å². The van der Waals surface area contributed by atoms with Crippen molar-refractivity contribution in [2.75, 3.05) is 6.61 Å². The van der Waals surface area contributed by atoms with Gasteiger partial charge in [0.15, 0.2) is 0 Å². The first-order chi connectivity index (χ1) is 6.54. The summed E-state index contributed by atoms with van der Waals surface area (Å²) < 4.78 is 5.48. The number of nitrogens with zero attached hydrogens (tertiary/aromatic N) is 1. The first kappa shape index (κ1) is 11.0. The molecule has 1 heterocycles. The summed E-state index contributed by atoms with van der Waals surface area (Å²) in [5.41, 5.74) is 1.42. The Kier molecular flexibility index (Phi) is 3.50. The van der Waals surface area contributed by atoms with Crippen LogP contribution in [0.1, 0.15) is 39.7 Å². The molecule has 0 bridgehead atoms. The van der Waals surface area contributed by atoms with E-state index in [0.717, 1.165) is 18.9 Å². The van der Waals surface area contributed by atoms with Crippen molar-refractivity contribution in [3.63, 3.8) is 0 Å². The second-order valence-corrected chi connectivity index (χ2v) is 4.48. The Hall–Kier alpha value is -1.05. The van der Waals surface area contributed by atoms with Gasteiger partial charge in [-0.05, 0) is 23.5 Å². The van der Waals surface area contributed by atoms with Crippen molar-refractivity contribution in [2.24, 2.45) is 0 Å². The van der Waals surface area contributed by atoms with Gasteiger partial charge in [0.25, 0.3) is 0 Å². The number of hydrogen-bond acceptors (Lipinski definition) is 2. The number of aromatic nitrogens is 1. The van der Waals surface area contributed by atoms with Crippen LogP contribution in [-0.2, 0) is 5.41 Å². The molecule has 0 atom stereocenters. The molecule has 0 saturated heterocycles. The molecule has 0 amide bonds. The lowest BCUT2D eigenvalue weighted by Crippen LogP contribution is -2.11. The van der Waals surface area contributed by atoms with Crippen LogP contribution in [0.5, 0.6) is 5.88 Å². The molecule has 1 aromatic rings. The molecule has 0 aliphatic carbocycles. The molecule has 1 aromatic heterocycles. The van der Waals surface area contributed by atoms with E-state index in [0.29, 0.717) is 0 Å². The maximum Gasteiger partial charge on any atom is 0.213 e. The third kappa shape index (κ3) is 3.02. The van der Waals surface area contributed by atoms with Crippen molar-refractivity contribution >= 4 is 0 Å². The standard InChI is InChI=1S/C12H19NO/c1-5-8-14-11-9-10(6-7-13-11)12(2,3)4/h6-7,9H,5,8H2,1-4H3. The lowest BCUT2D eigenvalue weighted by molar-refractivity contribution is 0.304. The molecule has 0 fully saturated rings. The van der Waals surface area contributed by atoms with Gasteiger partial charge < -0.3 is 4.74 Å². The van der Waals surface area contributed by atoms with Crippen LogP contribution in [0.4, 0.5) is 0 Å². The van der Waals surface area contributed by atoms with E-state index in [-0.39, 0.29) is 5.41 Å². The molecule has 0 aromatic carbocycles. The summed E-state index contributed by atoms with van der Waals surface area (Å²) in [5, 5.41) is 0. The highest BCUT2D eigenvalue weighted by Crippen LogP contribution is 2.23. The smallest absolute Gasteiger partial charge is 0.213 e. The van der Waals surface area contributed by atoms with Gasteiger partial charge >= 0.3 is 0 Å². The molecule has 1 rings (SSSR count).